The summed E-state index contributed by atoms with van der Waals surface area (Å²) in [4.78, 5) is 28.1. The van der Waals surface area contributed by atoms with Crippen LogP contribution in [0.25, 0.3) is 0 Å². The normalized spacial score (nSPS) is 19.0. The van der Waals surface area contributed by atoms with Crippen LogP contribution >= 0.6 is 11.8 Å². The smallest absolute Gasteiger partial charge is 0.232 e. The fraction of sp³-hybridized carbons (Fsp3) is 0.812. The molecule has 1 atom stereocenters. The fourth-order valence-corrected chi connectivity index (χ4v) is 3.57. The van der Waals surface area contributed by atoms with Crippen LogP contribution in [0, 0.1) is 17.2 Å². The van der Waals surface area contributed by atoms with E-state index >= 15 is 0 Å². The third kappa shape index (κ3) is 5.70. The third-order valence-electron chi connectivity index (χ3n) is 4.40. The van der Waals surface area contributed by atoms with Crippen molar-refractivity contribution in [3.05, 3.63) is 0 Å². The molecule has 128 valence electrons. The molecule has 1 saturated heterocycles. The van der Waals surface area contributed by atoms with Gasteiger partial charge in [0, 0.05) is 25.7 Å². The molecule has 0 spiro atoms. The molecule has 2 fully saturated rings. The van der Waals surface area contributed by atoms with Crippen molar-refractivity contribution in [3.63, 3.8) is 0 Å². The van der Waals surface area contributed by atoms with Gasteiger partial charge in [0.1, 0.15) is 0 Å². The monoisotopic (exact) mass is 339 g/mol. The number of nitrogens with zero attached hydrogens (tertiary/aromatic N) is 3. The number of thioether (sulfide) groups is 1. The lowest BCUT2D eigenvalue weighted by Gasteiger charge is -2.29. The number of carbonyl (C=O) groups is 2. The summed E-state index contributed by atoms with van der Waals surface area (Å²) in [7, 11) is 0. The molecule has 2 aliphatic rings. The maximum Gasteiger partial charge on any atom is 0.232 e. The molecule has 1 saturated carbocycles. The van der Waals surface area contributed by atoms with E-state index in [1.165, 1.54) is 24.6 Å². The van der Waals surface area contributed by atoms with Crippen molar-refractivity contribution in [3.8, 4) is 6.07 Å². The van der Waals surface area contributed by atoms with Crippen LogP contribution in [0.1, 0.15) is 26.2 Å². The largest absolute Gasteiger partial charge is 0.378 e. The predicted molar refractivity (Wildman–Crippen MR) is 88.9 cm³/mol. The van der Waals surface area contributed by atoms with Gasteiger partial charge in [-0.05, 0) is 25.7 Å². The van der Waals surface area contributed by atoms with E-state index in [4.69, 9.17) is 10.00 Å². The van der Waals surface area contributed by atoms with Gasteiger partial charge in [0.25, 0.3) is 0 Å². The van der Waals surface area contributed by atoms with E-state index in [9.17, 15) is 9.59 Å². The highest BCUT2D eigenvalue weighted by Gasteiger charge is 2.34. The maximum absolute atomic E-state index is 12.4. The molecule has 1 aliphatic carbocycles. The second kappa shape index (κ2) is 9.14. The molecular formula is C16H25N3O3S. The maximum atomic E-state index is 12.4. The van der Waals surface area contributed by atoms with Crippen molar-refractivity contribution < 1.29 is 14.3 Å². The number of morpholine rings is 1. The average Bonchev–Trinajstić information content (AvgIpc) is 3.40. The lowest BCUT2D eigenvalue weighted by Crippen LogP contribution is -2.43. The van der Waals surface area contributed by atoms with Gasteiger partial charge in [0.05, 0.1) is 37.2 Å². The lowest BCUT2D eigenvalue weighted by molar-refractivity contribution is -0.132. The Kier molecular flexibility index (Phi) is 7.18. The molecule has 1 heterocycles. The number of nitriles is 1. The van der Waals surface area contributed by atoms with Crippen molar-refractivity contribution in [1.82, 2.24) is 9.80 Å². The van der Waals surface area contributed by atoms with Crippen LogP contribution in [0.4, 0.5) is 0 Å². The third-order valence-corrected chi connectivity index (χ3v) is 5.30. The van der Waals surface area contributed by atoms with Crippen molar-refractivity contribution >= 4 is 23.6 Å². The van der Waals surface area contributed by atoms with E-state index in [0.717, 1.165) is 0 Å². The first-order chi connectivity index (χ1) is 11.1. The van der Waals surface area contributed by atoms with Gasteiger partial charge in [-0.3, -0.25) is 9.59 Å². The van der Waals surface area contributed by atoms with Crippen molar-refractivity contribution in [2.45, 2.75) is 32.2 Å². The van der Waals surface area contributed by atoms with E-state index in [1.54, 1.807) is 4.90 Å². The van der Waals surface area contributed by atoms with E-state index in [-0.39, 0.29) is 17.9 Å². The topological polar surface area (TPSA) is 73.6 Å². The van der Waals surface area contributed by atoms with Crippen molar-refractivity contribution in [2.75, 3.05) is 44.4 Å². The van der Waals surface area contributed by atoms with Crippen molar-refractivity contribution in [1.29, 1.82) is 5.26 Å². The summed E-state index contributed by atoms with van der Waals surface area (Å²) in [5, 5.41) is 8.77. The van der Waals surface area contributed by atoms with Gasteiger partial charge in [-0.25, -0.2) is 0 Å². The molecule has 0 aromatic carbocycles. The summed E-state index contributed by atoms with van der Waals surface area (Å²) in [5.41, 5.74) is 0. The van der Waals surface area contributed by atoms with Crippen LogP contribution in [0.2, 0.25) is 0 Å². The predicted octanol–water partition coefficient (Wildman–Crippen LogP) is 1.12. The summed E-state index contributed by atoms with van der Waals surface area (Å²) in [6, 6.07) is 2.31. The molecule has 0 bridgehead atoms. The quantitative estimate of drug-likeness (QED) is 0.662. The second-order valence-electron chi connectivity index (χ2n) is 6.06. The molecule has 7 heteroatoms. The molecule has 0 unspecified atom stereocenters. The summed E-state index contributed by atoms with van der Waals surface area (Å²) in [6.07, 6.45) is 2.69. The molecule has 0 N–H and O–H groups in total. The zero-order valence-electron chi connectivity index (χ0n) is 13.7. The van der Waals surface area contributed by atoms with Gasteiger partial charge < -0.3 is 14.5 Å². The average molecular weight is 339 g/mol. The van der Waals surface area contributed by atoms with Crippen molar-refractivity contribution in [2.24, 2.45) is 5.92 Å². The second-order valence-corrected chi connectivity index (χ2v) is 7.04. The first kappa shape index (κ1) is 18.1. The lowest BCUT2D eigenvalue weighted by atomic mass is 10.1. The summed E-state index contributed by atoms with van der Waals surface area (Å²) in [5.74, 6) is 1.33. The van der Waals surface area contributed by atoms with Gasteiger partial charge >= 0.3 is 0 Å². The number of hydrogen-bond donors (Lipinski definition) is 0. The molecule has 1 aliphatic heterocycles. The van der Waals surface area contributed by atoms with E-state index in [0.29, 0.717) is 56.7 Å². The van der Waals surface area contributed by atoms with Gasteiger partial charge in [-0.15, -0.1) is 11.8 Å². The van der Waals surface area contributed by atoms with Crippen LogP contribution in [0.3, 0.4) is 0 Å². The van der Waals surface area contributed by atoms with E-state index < -0.39 is 0 Å². The Morgan fingerprint density at radius 2 is 2.04 bits per heavy atom. The molecule has 0 aromatic rings. The highest BCUT2D eigenvalue weighted by Crippen LogP contribution is 2.35. The zero-order chi connectivity index (χ0) is 16.7. The molecule has 2 amide bonds. The Morgan fingerprint density at radius 3 is 2.65 bits per heavy atom. The van der Waals surface area contributed by atoms with E-state index in [1.807, 2.05) is 4.90 Å². The minimum absolute atomic E-state index is 0.0411. The molecule has 0 radical (unpaired) electrons. The summed E-state index contributed by atoms with van der Waals surface area (Å²) < 4.78 is 5.23. The SMILES string of the molecule is C[C@@H](C1CC1)N(CCC#N)C(=O)CSCC(=O)N1CCOCC1. The van der Waals surface area contributed by atoms with Gasteiger partial charge in [-0.1, -0.05) is 0 Å². The Bertz CT molecular complexity index is 456. The van der Waals surface area contributed by atoms with Crippen LogP contribution in [-0.4, -0.2) is 72.0 Å². The number of hydrogen-bond acceptors (Lipinski definition) is 5. The molecule has 6 nitrogen and oxygen atoms in total. The zero-order valence-corrected chi connectivity index (χ0v) is 14.5. The Morgan fingerprint density at radius 1 is 1.35 bits per heavy atom. The van der Waals surface area contributed by atoms with Gasteiger partial charge in [-0.2, -0.15) is 5.26 Å². The summed E-state index contributed by atoms with van der Waals surface area (Å²) in [6.45, 7) is 5.02. The highest BCUT2D eigenvalue weighted by atomic mass is 32.2. The van der Waals surface area contributed by atoms with Crippen LogP contribution in [-0.2, 0) is 14.3 Å². The van der Waals surface area contributed by atoms with Crippen LogP contribution in [0.5, 0.6) is 0 Å². The molecular weight excluding hydrogens is 314 g/mol. The van der Waals surface area contributed by atoms with Crippen LogP contribution < -0.4 is 0 Å². The fourth-order valence-electron chi connectivity index (χ4n) is 2.77. The first-order valence-electron chi connectivity index (χ1n) is 8.23. The molecule has 23 heavy (non-hydrogen) atoms. The number of carbonyl (C=O) groups excluding carboxylic acids is 2. The van der Waals surface area contributed by atoms with Crippen LogP contribution in [0.15, 0.2) is 0 Å². The minimum atomic E-state index is 0.0411. The number of rotatable bonds is 8. The minimum Gasteiger partial charge on any atom is -0.378 e. The molecule has 0 aromatic heterocycles. The Labute approximate surface area is 142 Å². The first-order valence-corrected chi connectivity index (χ1v) is 9.38. The molecule has 2 rings (SSSR count). The Hall–Kier alpha value is -1.26. The highest BCUT2D eigenvalue weighted by molar-refractivity contribution is 8.00. The van der Waals surface area contributed by atoms with Gasteiger partial charge in [0.15, 0.2) is 0 Å². The number of ether oxygens (including phenoxy) is 1. The Balaban J connectivity index is 1.74. The standard InChI is InChI=1S/C16H25N3O3S/c1-13(14-3-4-14)19(6-2-5-17)16(21)12-23-11-15(20)18-7-9-22-10-8-18/h13-14H,2-4,6-12H2,1H3/t13-/m0/s1. The number of amides is 2. The summed E-state index contributed by atoms with van der Waals surface area (Å²) >= 11 is 1.37. The van der Waals surface area contributed by atoms with Gasteiger partial charge in [0.2, 0.25) is 11.8 Å². The van der Waals surface area contributed by atoms with E-state index in [2.05, 4.69) is 13.0 Å².